The number of benzene rings is 2. The number of pyridine rings is 1. The molecule has 0 spiro atoms. The minimum absolute atomic E-state index is 0.0130. The van der Waals surface area contributed by atoms with Crippen LogP contribution in [0.1, 0.15) is 55.1 Å². The molecule has 150 valence electrons. The number of rotatable bonds is 8. The Hall–Kier alpha value is -3.14. The monoisotopic (exact) mass is 388 g/mol. The van der Waals surface area contributed by atoms with Crippen LogP contribution in [0.15, 0.2) is 72.9 Å². The van der Waals surface area contributed by atoms with Gasteiger partial charge in [0.1, 0.15) is 12.4 Å². The van der Waals surface area contributed by atoms with Crippen molar-refractivity contribution in [2.45, 2.75) is 45.8 Å². The Morgan fingerprint density at radius 1 is 0.931 bits per heavy atom. The number of hydrogen-bond donors (Lipinski definition) is 1. The van der Waals surface area contributed by atoms with Gasteiger partial charge in [-0.05, 0) is 41.7 Å². The molecule has 0 radical (unpaired) electrons. The summed E-state index contributed by atoms with van der Waals surface area (Å²) in [5.74, 6) is 1.19. The number of carbonyl (C=O) groups excluding carboxylic acids is 1. The van der Waals surface area contributed by atoms with Crippen LogP contribution in [0.5, 0.6) is 5.75 Å². The molecule has 0 unspecified atom stereocenters. The van der Waals surface area contributed by atoms with Gasteiger partial charge in [0.05, 0.1) is 24.4 Å². The molecule has 1 heterocycles. The highest BCUT2D eigenvalue weighted by atomic mass is 16.5. The predicted molar refractivity (Wildman–Crippen MR) is 116 cm³/mol. The first-order valence-corrected chi connectivity index (χ1v) is 10.0. The molecule has 0 aliphatic rings. The van der Waals surface area contributed by atoms with Gasteiger partial charge in [-0.25, -0.2) is 0 Å². The van der Waals surface area contributed by atoms with Crippen LogP contribution in [-0.4, -0.2) is 10.9 Å². The topological polar surface area (TPSA) is 51.2 Å². The van der Waals surface area contributed by atoms with E-state index in [9.17, 15) is 4.79 Å². The molecule has 1 N–H and O–H groups in total. The van der Waals surface area contributed by atoms with Crippen LogP contribution >= 0.6 is 0 Å². The molecule has 0 bridgehead atoms. The highest BCUT2D eigenvalue weighted by Gasteiger charge is 2.12. The number of hydrogen-bond acceptors (Lipinski definition) is 3. The van der Waals surface area contributed by atoms with E-state index in [-0.39, 0.29) is 11.9 Å². The average Bonchev–Trinajstić information content (AvgIpc) is 2.73. The minimum Gasteiger partial charge on any atom is -0.487 e. The zero-order valence-corrected chi connectivity index (χ0v) is 17.3. The molecule has 0 aliphatic carbocycles. The van der Waals surface area contributed by atoms with Gasteiger partial charge in [0.2, 0.25) is 5.91 Å². The molecule has 1 atom stereocenters. The molecule has 1 aromatic heterocycles. The van der Waals surface area contributed by atoms with Gasteiger partial charge < -0.3 is 10.1 Å². The fraction of sp³-hybridized carbons (Fsp3) is 0.280. The van der Waals surface area contributed by atoms with Crippen molar-refractivity contribution in [2.75, 3.05) is 0 Å². The number of nitrogens with zero attached hydrogens (tertiary/aromatic N) is 1. The smallest absolute Gasteiger partial charge is 0.224 e. The summed E-state index contributed by atoms with van der Waals surface area (Å²) in [7, 11) is 0. The normalized spacial score (nSPS) is 11.9. The van der Waals surface area contributed by atoms with Crippen LogP contribution in [0.3, 0.4) is 0 Å². The van der Waals surface area contributed by atoms with Gasteiger partial charge >= 0.3 is 0 Å². The summed E-state index contributed by atoms with van der Waals surface area (Å²) in [5, 5.41) is 3.02. The number of amides is 1. The van der Waals surface area contributed by atoms with Crippen LogP contribution in [-0.2, 0) is 17.8 Å². The Kier molecular flexibility index (Phi) is 7.01. The molecule has 3 aromatic rings. The van der Waals surface area contributed by atoms with E-state index >= 15 is 0 Å². The largest absolute Gasteiger partial charge is 0.487 e. The molecule has 1 amide bonds. The van der Waals surface area contributed by atoms with Crippen molar-refractivity contribution in [2.24, 2.45) is 0 Å². The van der Waals surface area contributed by atoms with E-state index in [2.05, 4.69) is 36.3 Å². The zero-order chi connectivity index (χ0) is 20.6. The van der Waals surface area contributed by atoms with E-state index in [1.807, 2.05) is 61.5 Å². The van der Waals surface area contributed by atoms with Crippen molar-refractivity contribution in [3.63, 3.8) is 0 Å². The van der Waals surface area contributed by atoms with Crippen molar-refractivity contribution in [1.82, 2.24) is 10.3 Å². The van der Waals surface area contributed by atoms with Crippen LogP contribution in [0.2, 0.25) is 0 Å². The van der Waals surface area contributed by atoms with Gasteiger partial charge in [-0.2, -0.15) is 0 Å². The van der Waals surface area contributed by atoms with Crippen molar-refractivity contribution in [3.8, 4) is 5.75 Å². The first kappa shape index (κ1) is 20.6. The van der Waals surface area contributed by atoms with E-state index in [0.29, 0.717) is 24.7 Å². The van der Waals surface area contributed by atoms with Gasteiger partial charge in [0.25, 0.3) is 0 Å². The fourth-order valence-electron chi connectivity index (χ4n) is 3.05. The lowest BCUT2D eigenvalue weighted by atomic mass is 10.0. The Balaban J connectivity index is 1.50. The lowest BCUT2D eigenvalue weighted by Gasteiger charge is -2.14. The lowest BCUT2D eigenvalue weighted by Crippen LogP contribution is -2.28. The standard InChI is InChI=1S/C25H28N2O2/c1-18(2)22-11-9-20(10-12-22)15-25(28)27-19(3)24-14-13-23(16-26-24)29-17-21-7-5-4-6-8-21/h4-14,16,18-19H,15,17H2,1-3H3,(H,27,28)/t19-/m1/s1. The van der Waals surface area contributed by atoms with Gasteiger partial charge in [0.15, 0.2) is 0 Å². The quantitative estimate of drug-likeness (QED) is 0.577. The predicted octanol–water partition coefficient (Wildman–Crippen LogP) is 5.20. The Labute approximate surface area is 173 Å². The Morgan fingerprint density at radius 3 is 2.28 bits per heavy atom. The minimum atomic E-state index is -0.166. The molecule has 4 nitrogen and oxygen atoms in total. The zero-order valence-electron chi connectivity index (χ0n) is 17.3. The number of aromatic nitrogens is 1. The average molecular weight is 389 g/mol. The molecule has 3 rings (SSSR count). The van der Waals surface area contributed by atoms with E-state index < -0.39 is 0 Å². The SMILES string of the molecule is CC(C)c1ccc(CC(=O)N[C@H](C)c2ccc(OCc3ccccc3)cn2)cc1. The second-order valence-electron chi connectivity index (χ2n) is 7.56. The molecule has 0 fully saturated rings. The highest BCUT2D eigenvalue weighted by Crippen LogP contribution is 2.17. The summed E-state index contributed by atoms with van der Waals surface area (Å²) in [6.45, 7) is 6.76. The van der Waals surface area contributed by atoms with E-state index in [0.717, 1.165) is 16.8 Å². The van der Waals surface area contributed by atoms with E-state index in [1.165, 1.54) is 5.56 Å². The van der Waals surface area contributed by atoms with Crippen LogP contribution in [0, 0.1) is 0 Å². The molecule has 29 heavy (non-hydrogen) atoms. The second kappa shape index (κ2) is 9.87. The third-order valence-corrected chi connectivity index (χ3v) is 4.84. The van der Waals surface area contributed by atoms with Crippen LogP contribution in [0.25, 0.3) is 0 Å². The molecule has 0 aliphatic heterocycles. The van der Waals surface area contributed by atoms with Crippen LogP contribution in [0.4, 0.5) is 0 Å². The van der Waals surface area contributed by atoms with E-state index in [4.69, 9.17) is 4.74 Å². The van der Waals surface area contributed by atoms with Gasteiger partial charge in [0, 0.05) is 0 Å². The number of nitrogens with one attached hydrogen (secondary N) is 1. The molecular formula is C25H28N2O2. The van der Waals surface area contributed by atoms with Crippen LogP contribution < -0.4 is 10.1 Å². The summed E-state index contributed by atoms with van der Waals surface area (Å²) < 4.78 is 5.76. The third kappa shape index (κ3) is 6.18. The molecule has 0 saturated carbocycles. The maximum Gasteiger partial charge on any atom is 0.224 e. The summed E-state index contributed by atoms with van der Waals surface area (Å²) in [6, 6.07) is 21.8. The van der Waals surface area contributed by atoms with Crippen molar-refractivity contribution in [3.05, 3.63) is 95.3 Å². The molecule has 0 saturated heterocycles. The number of ether oxygens (including phenoxy) is 1. The third-order valence-electron chi connectivity index (χ3n) is 4.84. The highest BCUT2D eigenvalue weighted by molar-refractivity contribution is 5.78. The first-order valence-electron chi connectivity index (χ1n) is 10.0. The maximum absolute atomic E-state index is 12.4. The summed E-state index contributed by atoms with van der Waals surface area (Å²) in [5.41, 5.74) is 4.21. The van der Waals surface area contributed by atoms with E-state index in [1.54, 1.807) is 6.20 Å². The molecular weight excluding hydrogens is 360 g/mol. The Morgan fingerprint density at radius 2 is 1.66 bits per heavy atom. The van der Waals surface area contributed by atoms with Gasteiger partial charge in [-0.1, -0.05) is 68.4 Å². The fourth-order valence-corrected chi connectivity index (χ4v) is 3.05. The first-order chi connectivity index (χ1) is 14.0. The van der Waals surface area contributed by atoms with Gasteiger partial charge in [-0.15, -0.1) is 0 Å². The second-order valence-corrected chi connectivity index (χ2v) is 7.56. The van der Waals surface area contributed by atoms with Crippen molar-refractivity contribution in [1.29, 1.82) is 0 Å². The lowest BCUT2D eigenvalue weighted by molar-refractivity contribution is -0.121. The van der Waals surface area contributed by atoms with Crippen molar-refractivity contribution >= 4 is 5.91 Å². The summed E-state index contributed by atoms with van der Waals surface area (Å²) >= 11 is 0. The number of carbonyl (C=O) groups is 1. The maximum atomic E-state index is 12.4. The molecule has 4 heteroatoms. The van der Waals surface area contributed by atoms with Gasteiger partial charge in [-0.3, -0.25) is 9.78 Å². The Bertz CT molecular complexity index is 904. The molecule has 2 aromatic carbocycles. The summed E-state index contributed by atoms with van der Waals surface area (Å²) in [4.78, 5) is 16.8. The van der Waals surface area contributed by atoms with Crippen molar-refractivity contribution < 1.29 is 9.53 Å². The summed E-state index contributed by atoms with van der Waals surface area (Å²) in [6.07, 6.45) is 2.06.